The number of hydrogen-bond acceptors (Lipinski definition) is 3. The lowest BCUT2D eigenvalue weighted by Gasteiger charge is -2.46. The van der Waals surface area contributed by atoms with Crippen LogP contribution in [0.3, 0.4) is 0 Å². The van der Waals surface area contributed by atoms with Gasteiger partial charge in [0.25, 0.3) is 0 Å². The van der Waals surface area contributed by atoms with Crippen molar-refractivity contribution in [3.63, 3.8) is 0 Å². The van der Waals surface area contributed by atoms with Crippen LogP contribution in [0.5, 0.6) is 0 Å². The van der Waals surface area contributed by atoms with Gasteiger partial charge in [0.05, 0.1) is 0 Å². The van der Waals surface area contributed by atoms with Crippen molar-refractivity contribution in [2.45, 2.75) is 59.3 Å². The number of para-hydroxylation sites is 1. The summed E-state index contributed by atoms with van der Waals surface area (Å²) < 4.78 is 0. The molecule has 0 spiro atoms. The van der Waals surface area contributed by atoms with Crippen LogP contribution in [0.4, 0.5) is 45.5 Å². The molecule has 0 unspecified atom stereocenters. The molecular weight excluding hydrogens is 858 g/mol. The van der Waals surface area contributed by atoms with E-state index in [1.165, 1.54) is 88.8 Å². The van der Waals surface area contributed by atoms with Crippen LogP contribution in [0.2, 0.25) is 0 Å². The van der Waals surface area contributed by atoms with Crippen LogP contribution in [0.1, 0.15) is 58.2 Å². The third kappa shape index (κ3) is 7.70. The van der Waals surface area contributed by atoms with Crippen LogP contribution in [0.25, 0.3) is 44.2 Å². The first-order valence-electron chi connectivity index (χ1n) is 25.1. The number of hydrogen-bond donors (Lipinski definition) is 0. The van der Waals surface area contributed by atoms with E-state index in [0.29, 0.717) is 0 Å². The van der Waals surface area contributed by atoms with Gasteiger partial charge in [-0.1, -0.05) is 187 Å². The lowest BCUT2D eigenvalue weighted by molar-refractivity contribution is 0.590. The fourth-order valence-corrected chi connectivity index (χ4v) is 11.2. The number of anilines is 8. The van der Waals surface area contributed by atoms with Gasteiger partial charge in [-0.15, -0.1) is 0 Å². The topological polar surface area (TPSA) is 9.72 Å². The van der Waals surface area contributed by atoms with Crippen molar-refractivity contribution in [1.82, 2.24) is 0 Å². The van der Waals surface area contributed by atoms with E-state index in [2.05, 4.69) is 288 Å². The van der Waals surface area contributed by atoms with Crippen LogP contribution in [0.15, 0.2) is 224 Å². The maximum atomic E-state index is 2.63. The molecule has 10 aromatic rings. The lowest BCUT2D eigenvalue weighted by atomic mass is 9.43. The summed E-state index contributed by atoms with van der Waals surface area (Å²) in [6.45, 7) is 15.8. The fourth-order valence-electron chi connectivity index (χ4n) is 11.2. The highest BCUT2D eigenvalue weighted by molar-refractivity contribution is 6.94. The third-order valence-electron chi connectivity index (χ3n) is 14.8. The molecule has 4 heteroatoms. The predicted molar refractivity (Wildman–Crippen MR) is 305 cm³/mol. The van der Waals surface area contributed by atoms with Crippen LogP contribution < -0.4 is 25.5 Å². The van der Waals surface area contributed by atoms with E-state index >= 15 is 0 Å². The smallest absolute Gasteiger partial charge is 0.333 e. The van der Waals surface area contributed by atoms with Gasteiger partial charge in [0.15, 0.2) is 0 Å². The lowest BCUT2D eigenvalue weighted by Crippen LogP contribution is -2.61. The molecule has 0 N–H and O–H groups in total. The minimum atomic E-state index is -0.186. The van der Waals surface area contributed by atoms with Crippen LogP contribution in [-0.2, 0) is 10.8 Å². The van der Waals surface area contributed by atoms with Gasteiger partial charge in [0, 0.05) is 51.1 Å². The first kappa shape index (κ1) is 44.2. The van der Waals surface area contributed by atoms with E-state index in [0.717, 1.165) is 28.4 Å². The molecule has 10 aromatic carbocycles. The predicted octanol–water partition coefficient (Wildman–Crippen LogP) is 17.3. The number of benzene rings is 10. The number of rotatable bonds is 7. The molecule has 2 aliphatic rings. The molecule has 0 atom stereocenters. The second-order valence-electron chi connectivity index (χ2n) is 21.5. The Kier molecular flexibility index (Phi) is 10.6. The average Bonchev–Trinajstić information content (AvgIpc) is 3.39. The Labute approximate surface area is 420 Å². The molecule has 0 radical (unpaired) electrons. The zero-order valence-corrected chi connectivity index (χ0v) is 41.8. The first-order chi connectivity index (χ1) is 34.4. The average molecular weight is 916 g/mol. The summed E-state index contributed by atoms with van der Waals surface area (Å²) in [7, 11) is 0. The van der Waals surface area contributed by atoms with Gasteiger partial charge in [-0.25, -0.2) is 0 Å². The molecule has 0 aromatic heterocycles. The Morgan fingerprint density at radius 3 is 1.59 bits per heavy atom. The van der Waals surface area contributed by atoms with Crippen molar-refractivity contribution in [3.05, 3.63) is 241 Å². The summed E-state index contributed by atoms with van der Waals surface area (Å²) in [5, 5.41) is 2.48. The van der Waals surface area contributed by atoms with Crippen molar-refractivity contribution in [2.24, 2.45) is 0 Å². The molecule has 2 aliphatic heterocycles. The van der Waals surface area contributed by atoms with Gasteiger partial charge < -0.3 is 14.6 Å². The summed E-state index contributed by atoms with van der Waals surface area (Å²) >= 11 is 0. The van der Waals surface area contributed by atoms with E-state index in [4.69, 9.17) is 0 Å². The Balaban J connectivity index is 1.15. The largest absolute Gasteiger partial charge is 0.376 e. The normalized spacial score (nSPS) is 12.9. The second-order valence-corrected chi connectivity index (χ2v) is 21.5. The highest BCUT2D eigenvalue weighted by Gasteiger charge is 2.46. The maximum Gasteiger partial charge on any atom is 0.333 e. The van der Waals surface area contributed by atoms with Crippen molar-refractivity contribution in [1.29, 1.82) is 0 Å². The van der Waals surface area contributed by atoms with E-state index in [1.807, 2.05) is 0 Å². The molecule has 0 aliphatic carbocycles. The SMILES string of the molecule is Cc1cc(-c2ccccc2)ccc1N1c2ccc(N(c3ccc(C(C)(C)C)cc3)c3ccc(C(C)(C)C)cc3)cc2B2c3c1cc1ccccc1c3-c1ccccc1N2c1cccc(-c2ccccc2)c1. The molecule has 12 rings (SSSR count). The highest BCUT2D eigenvalue weighted by atomic mass is 15.2. The molecule has 344 valence electrons. The van der Waals surface area contributed by atoms with E-state index in [-0.39, 0.29) is 17.7 Å². The van der Waals surface area contributed by atoms with Gasteiger partial charge in [0.2, 0.25) is 0 Å². The molecule has 0 saturated heterocycles. The Morgan fingerprint density at radius 2 is 0.958 bits per heavy atom. The molecule has 0 saturated carbocycles. The quantitative estimate of drug-likeness (QED) is 0.148. The molecule has 0 bridgehead atoms. The summed E-state index contributed by atoms with van der Waals surface area (Å²) in [5.74, 6) is 0. The van der Waals surface area contributed by atoms with Crippen molar-refractivity contribution in [3.8, 4) is 33.4 Å². The van der Waals surface area contributed by atoms with E-state index < -0.39 is 0 Å². The zero-order chi connectivity index (χ0) is 48.6. The zero-order valence-electron chi connectivity index (χ0n) is 41.8. The van der Waals surface area contributed by atoms with Crippen molar-refractivity contribution < 1.29 is 0 Å². The molecule has 0 fully saturated rings. The van der Waals surface area contributed by atoms with Gasteiger partial charge in [-0.2, -0.15) is 0 Å². The number of aryl methyl sites for hydroxylation is 1. The Bertz CT molecular complexity index is 3570. The van der Waals surface area contributed by atoms with Gasteiger partial charge in [-0.3, -0.25) is 0 Å². The molecule has 71 heavy (non-hydrogen) atoms. The van der Waals surface area contributed by atoms with Crippen LogP contribution >= 0.6 is 0 Å². The van der Waals surface area contributed by atoms with Crippen LogP contribution in [-0.4, -0.2) is 6.85 Å². The number of fused-ring (bicyclic) bond motifs is 6. The fraction of sp³-hybridized carbons (Fsp3) is 0.134. The van der Waals surface area contributed by atoms with Gasteiger partial charge in [0.1, 0.15) is 0 Å². The monoisotopic (exact) mass is 915 g/mol. The maximum absolute atomic E-state index is 2.63. The minimum Gasteiger partial charge on any atom is -0.376 e. The summed E-state index contributed by atoms with van der Waals surface area (Å²) in [4.78, 5) is 7.66. The second kappa shape index (κ2) is 17.1. The summed E-state index contributed by atoms with van der Waals surface area (Å²) in [5.41, 5.74) is 23.0. The molecule has 2 heterocycles. The summed E-state index contributed by atoms with van der Waals surface area (Å²) in [6, 6.07) is 83.9. The standard InChI is InChI=1S/C67H58BN3/c1-45-41-49(47-21-12-9-13-22-47)29-39-60(45)70-62-40-38-55(69(53-34-30-51(31-35-53)66(2,3)4)54-36-32-52(33-37-54)67(5,6)7)44-59(62)68-65-63(70)43-50-23-14-15-26-57(50)64(65)58-27-16-17-28-61(58)71(68)56-25-18-24-48(42-56)46-19-10-8-11-20-46/h8-44H,1-7H3. The first-order valence-corrected chi connectivity index (χ1v) is 25.1. The van der Waals surface area contributed by atoms with Crippen LogP contribution in [0, 0.1) is 6.92 Å². The molecule has 3 nitrogen and oxygen atoms in total. The van der Waals surface area contributed by atoms with Gasteiger partial charge in [-0.05, 0) is 163 Å². The number of nitrogens with zero attached hydrogens (tertiary/aromatic N) is 3. The minimum absolute atomic E-state index is 0.0260. The third-order valence-corrected chi connectivity index (χ3v) is 14.8. The molecule has 0 amide bonds. The summed E-state index contributed by atoms with van der Waals surface area (Å²) in [6.07, 6.45) is 0. The highest BCUT2D eigenvalue weighted by Crippen LogP contribution is 2.51. The Hall–Kier alpha value is -8.08. The van der Waals surface area contributed by atoms with Gasteiger partial charge >= 0.3 is 6.85 Å². The Morgan fingerprint density at radius 1 is 0.408 bits per heavy atom. The van der Waals surface area contributed by atoms with Crippen molar-refractivity contribution in [2.75, 3.05) is 14.6 Å². The van der Waals surface area contributed by atoms with E-state index in [9.17, 15) is 0 Å². The van der Waals surface area contributed by atoms with Crippen molar-refractivity contribution >= 4 is 74.0 Å². The van der Waals surface area contributed by atoms with E-state index in [1.54, 1.807) is 0 Å². The molecular formula is C67H58BN3.